The van der Waals surface area contributed by atoms with E-state index in [1.165, 1.54) is 18.2 Å². The molecule has 2 aromatic heterocycles. The molecule has 0 radical (unpaired) electrons. The molecule has 34 heavy (non-hydrogen) atoms. The summed E-state index contributed by atoms with van der Waals surface area (Å²) in [6.45, 7) is 4.09. The molecule has 1 amide bonds. The highest BCUT2D eigenvalue weighted by atomic mass is 35.5. The van der Waals surface area contributed by atoms with Crippen LogP contribution in [-0.4, -0.2) is 20.6 Å². The van der Waals surface area contributed by atoms with Crippen molar-refractivity contribution in [3.63, 3.8) is 0 Å². The molecule has 0 saturated carbocycles. The number of nitrogens with one attached hydrogen (secondary N) is 1. The van der Waals surface area contributed by atoms with E-state index >= 15 is 0 Å². The van der Waals surface area contributed by atoms with Crippen molar-refractivity contribution in [2.75, 3.05) is 5.32 Å². The molecule has 0 saturated heterocycles. The first-order chi connectivity index (χ1) is 16.3. The van der Waals surface area contributed by atoms with Gasteiger partial charge in [0.05, 0.1) is 11.5 Å². The first kappa shape index (κ1) is 23.1. The molecule has 1 N–H and O–H groups in total. The largest absolute Gasteiger partial charge is 0.479 e. The van der Waals surface area contributed by atoms with Gasteiger partial charge >= 0.3 is 5.69 Å². The SMILES string of the molecule is Cc1ccc(OCc2ccc(C(=O)Nc3cc(C)n(Cc4cccc(Cl)c4)n3)o2)c([N+](=O)[O-])c1. The van der Waals surface area contributed by atoms with E-state index < -0.39 is 10.8 Å². The smallest absolute Gasteiger partial charge is 0.311 e. The highest BCUT2D eigenvalue weighted by Gasteiger charge is 2.17. The number of carbonyl (C=O) groups excluding carboxylic acids is 1. The second kappa shape index (κ2) is 9.80. The molecule has 2 aromatic carbocycles. The Morgan fingerprint density at radius 3 is 2.76 bits per heavy atom. The number of ether oxygens (including phenoxy) is 1. The number of nitro groups is 1. The van der Waals surface area contributed by atoms with Gasteiger partial charge in [0.2, 0.25) is 0 Å². The monoisotopic (exact) mass is 480 g/mol. The minimum atomic E-state index is -0.503. The van der Waals surface area contributed by atoms with Gasteiger partial charge in [0.25, 0.3) is 5.91 Å². The van der Waals surface area contributed by atoms with Crippen LogP contribution < -0.4 is 10.1 Å². The molecule has 0 aliphatic heterocycles. The fraction of sp³-hybridized carbons (Fsp3) is 0.167. The van der Waals surface area contributed by atoms with Gasteiger partial charge in [-0.15, -0.1) is 0 Å². The van der Waals surface area contributed by atoms with Crippen LogP contribution in [0.15, 0.2) is 65.1 Å². The van der Waals surface area contributed by atoms with Gasteiger partial charge in [-0.2, -0.15) is 5.10 Å². The topological polar surface area (TPSA) is 112 Å². The van der Waals surface area contributed by atoms with E-state index in [2.05, 4.69) is 10.4 Å². The lowest BCUT2D eigenvalue weighted by molar-refractivity contribution is -0.386. The number of benzene rings is 2. The number of amides is 1. The second-order valence-corrected chi connectivity index (χ2v) is 8.13. The lowest BCUT2D eigenvalue weighted by Crippen LogP contribution is -2.12. The summed E-state index contributed by atoms with van der Waals surface area (Å²) in [5.74, 6) is 0.453. The summed E-state index contributed by atoms with van der Waals surface area (Å²) in [6, 6.07) is 17.0. The molecular weight excluding hydrogens is 460 g/mol. The van der Waals surface area contributed by atoms with Gasteiger partial charge in [0.15, 0.2) is 17.3 Å². The van der Waals surface area contributed by atoms with Crippen LogP contribution in [-0.2, 0) is 13.2 Å². The molecule has 0 spiro atoms. The van der Waals surface area contributed by atoms with Gasteiger partial charge in [-0.25, -0.2) is 0 Å². The fourth-order valence-electron chi connectivity index (χ4n) is 3.34. The zero-order chi connectivity index (χ0) is 24.2. The van der Waals surface area contributed by atoms with E-state index in [1.807, 2.05) is 25.1 Å². The van der Waals surface area contributed by atoms with Crippen LogP contribution in [0.2, 0.25) is 5.02 Å². The molecule has 0 atom stereocenters. The number of hydrogen-bond donors (Lipinski definition) is 1. The van der Waals surface area contributed by atoms with E-state index in [0.29, 0.717) is 23.1 Å². The Balaban J connectivity index is 1.39. The molecule has 174 valence electrons. The summed E-state index contributed by atoms with van der Waals surface area (Å²) in [7, 11) is 0. The third kappa shape index (κ3) is 5.44. The molecule has 0 unspecified atom stereocenters. The number of nitro benzene ring substituents is 1. The Labute approximate surface area is 200 Å². The highest BCUT2D eigenvalue weighted by Crippen LogP contribution is 2.28. The fourth-order valence-corrected chi connectivity index (χ4v) is 3.55. The summed E-state index contributed by atoms with van der Waals surface area (Å²) in [5.41, 5.74) is 2.47. The highest BCUT2D eigenvalue weighted by molar-refractivity contribution is 6.30. The molecule has 2 heterocycles. The Morgan fingerprint density at radius 2 is 2.00 bits per heavy atom. The third-order valence-electron chi connectivity index (χ3n) is 5.01. The van der Waals surface area contributed by atoms with Gasteiger partial charge in [0, 0.05) is 22.8 Å². The molecule has 0 aliphatic carbocycles. The maximum atomic E-state index is 12.6. The minimum absolute atomic E-state index is 0.0649. The molecular formula is C24H21ClN4O5. The van der Waals surface area contributed by atoms with E-state index in [1.54, 1.807) is 35.9 Å². The molecule has 0 bridgehead atoms. The van der Waals surface area contributed by atoms with Crippen molar-refractivity contribution in [2.24, 2.45) is 0 Å². The van der Waals surface area contributed by atoms with Gasteiger partial charge in [-0.3, -0.25) is 19.6 Å². The van der Waals surface area contributed by atoms with Crippen molar-refractivity contribution in [3.8, 4) is 5.75 Å². The first-order valence-electron chi connectivity index (χ1n) is 10.4. The average molecular weight is 481 g/mol. The normalized spacial score (nSPS) is 10.8. The van der Waals surface area contributed by atoms with E-state index in [4.69, 9.17) is 20.8 Å². The Hall–Kier alpha value is -4.11. The lowest BCUT2D eigenvalue weighted by Gasteiger charge is -2.06. The summed E-state index contributed by atoms with van der Waals surface area (Å²) in [4.78, 5) is 23.3. The standard InChI is InChI=1S/C24H21ClN4O5/c1-15-6-8-21(20(10-15)29(31)32)33-14-19-7-9-22(34-19)24(30)26-23-11-16(2)28(27-23)13-17-4-3-5-18(25)12-17/h3-12H,13-14H2,1-2H3,(H,26,27,30). The molecule has 0 fully saturated rings. The molecule has 0 aliphatic rings. The van der Waals surface area contributed by atoms with Crippen LogP contribution in [0, 0.1) is 24.0 Å². The Morgan fingerprint density at radius 1 is 1.18 bits per heavy atom. The van der Waals surface area contributed by atoms with Crippen molar-refractivity contribution in [3.05, 3.63) is 104 Å². The summed E-state index contributed by atoms with van der Waals surface area (Å²) in [5, 5.41) is 19.0. The van der Waals surface area contributed by atoms with Gasteiger partial charge in [-0.05, 0) is 55.3 Å². The zero-order valence-corrected chi connectivity index (χ0v) is 19.2. The van der Waals surface area contributed by atoms with Crippen LogP contribution in [0.4, 0.5) is 11.5 Å². The number of carbonyl (C=O) groups is 1. The van der Waals surface area contributed by atoms with E-state index in [-0.39, 0.29) is 23.8 Å². The quantitative estimate of drug-likeness (QED) is 0.262. The first-order valence-corrected chi connectivity index (χ1v) is 10.7. The Kier molecular flexibility index (Phi) is 6.65. The van der Waals surface area contributed by atoms with Crippen molar-refractivity contribution < 1.29 is 18.9 Å². The maximum absolute atomic E-state index is 12.6. The van der Waals surface area contributed by atoms with Gasteiger partial charge < -0.3 is 14.5 Å². The third-order valence-corrected chi connectivity index (χ3v) is 5.25. The molecule has 10 heteroatoms. The number of furan rings is 1. The van der Waals surface area contributed by atoms with Crippen molar-refractivity contribution in [2.45, 2.75) is 27.0 Å². The number of aromatic nitrogens is 2. The van der Waals surface area contributed by atoms with Crippen molar-refractivity contribution in [1.82, 2.24) is 9.78 Å². The second-order valence-electron chi connectivity index (χ2n) is 7.70. The Bertz CT molecular complexity index is 1360. The van der Waals surface area contributed by atoms with Crippen LogP contribution in [0.5, 0.6) is 5.75 Å². The minimum Gasteiger partial charge on any atom is -0.479 e. The lowest BCUT2D eigenvalue weighted by atomic mass is 10.2. The molecule has 9 nitrogen and oxygen atoms in total. The van der Waals surface area contributed by atoms with Crippen LogP contribution in [0.25, 0.3) is 0 Å². The van der Waals surface area contributed by atoms with Crippen LogP contribution in [0.3, 0.4) is 0 Å². The average Bonchev–Trinajstić information content (AvgIpc) is 3.39. The predicted molar refractivity (Wildman–Crippen MR) is 126 cm³/mol. The number of aryl methyl sites for hydroxylation is 2. The predicted octanol–water partition coefficient (Wildman–Crippen LogP) is 5.53. The zero-order valence-electron chi connectivity index (χ0n) is 18.4. The summed E-state index contributed by atoms with van der Waals surface area (Å²) >= 11 is 6.04. The number of anilines is 1. The number of halogens is 1. The van der Waals surface area contributed by atoms with Gasteiger partial charge in [-0.1, -0.05) is 29.8 Å². The van der Waals surface area contributed by atoms with Crippen LogP contribution in [0.1, 0.15) is 33.1 Å². The van der Waals surface area contributed by atoms with Crippen molar-refractivity contribution >= 4 is 29.0 Å². The van der Waals surface area contributed by atoms with Crippen molar-refractivity contribution in [1.29, 1.82) is 0 Å². The number of hydrogen-bond acceptors (Lipinski definition) is 6. The maximum Gasteiger partial charge on any atom is 0.311 e. The summed E-state index contributed by atoms with van der Waals surface area (Å²) < 4.78 is 12.9. The van der Waals surface area contributed by atoms with Crippen LogP contribution >= 0.6 is 11.6 Å². The molecule has 4 rings (SSSR count). The number of nitrogens with zero attached hydrogens (tertiary/aromatic N) is 3. The molecule has 4 aromatic rings. The summed E-state index contributed by atoms with van der Waals surface area (Å²) in [6.07, 6.45) is 0. The van der Waals surface area contributed by atoms with E-state index in [9.17, 15) is 14.9 Å². The van der Waals surface area contributed by atoms with Gasteiger partial charge in [0.1, 0.15) is 12.4 Å². The van der Waals surface area contributed by atoms with E-state index in [0.717, 1.165) is 16.8 Å². The number of rotatable bonds is 8.